The number of nitrogens with one attached hydrogen (secondary N) is 1. The Hall–Kier alpha value is -3.02. The van der Waals surface area contributed by atoms with E-state index in [0.29, 0.717) is 17.1 Å². The molecular weight excluding hydrogens is 322 g/mol. The minimum absolute atomic E-state index is 0.268. The first-order chi connectivity index (χ1) is 12.0. The maximum Gasteiger partial charge on any atom is 0.303 e. The minimum atomic E-state index is -0.987. The summed E-state index contributed by atoms with van der Waals surface area (Å²) in [6.07, 6.45) is -0.987. The summed E-state index contributed by atoms with van der Waals surface area (Å²) in [7, 11) is 3.11. The van der Waals surface area contributed by atoms with Crippen molar-refractivity contribution < 1.29 is 23.8 Å². The van der Waals surface area contributed by atoms with E-state index in [9.17, 15) is 9.59 Å². The molecule has 2 aromatic rings. The molecule has 1 atom stereocenters. The Balaban J connectivity index is 2.09. The van der Waals surface area contributed by atoms with Gasteiger partial charge in [-0.1, -0.05) is 36.4 Å². The molecule has 0 aliphatic carbocycles. The third kappa shape index (κ3) is 4.97. The maximum atomic E-state index is 12.5. The van der Waals surface area contributed by atoms with Gasteiger partial charge in [-0.15, -0.1) is 0 Å². The Bertz CT molecular complexity index is 730. The zero-order valence-corrected chi connectivity index (χ0v) is 14.4. The fourth-order valence-corrected chi connectivity index (χ4v) is 2.34. The number of hydrogen-bond donors (Lipinski definition) is 1. The summed E-state index contributed by atoms with van der Waals surface area (Å²) in [6.45, 7) is 1.54. The monoisotopic (exact) mass is 343 g/mol. The Morgan fingerprint density at radius 2 is 1.68 bits per heavy atom. The summed E-state index contributed by atoms with van der Waals surface area (Å²) in [4.78, 5) is 23.8. The lowest BCUT2D eigenvalue weighted by Crippen LogP contribution is -2.31. The molecule has 0 heterocycles. The van der Waals surface area contributed by atoms with Crippen molar-refractivity contribution in [3.8, 4) is 11.5 Å². The number of carbonyl (C=O) groups is 2. The standard InChI is InChI=1S/C19H21NO5/c1-13(21)25-18(15-7-5-4-6-8-15)19(22)20-12-14-9-10-16(23-2)17(11-14)24-3/h4-11,18H,12H2,1-3H3,(H,20,22). The molecule has 2 aromatic carbocycles. The third-order valence-electron chi connectivity index (χ3n) is 3.54. The van der Waals surface area contributed by atoms with Crippen LogP contribution in [0, 0.1) is 0 Å². The van der Waals surface area contributed by atoms with Crippen molar-refractivity contribution in [1.82, 2.24) is 5.32 Å². The smallest absolute Gasteiger partial charge is 0.303 e. The molecule has 1 amide bonds. The van der Waals surface area contributed by atoms with Crippen LogP contribution in [0.15, 0.2) is 48.5 Å². The third-order valence-corrected chi connectivity index (χ3v) is 3.54. The number of ether oxygens (including phenoxy) is 3. The molecular formula is C19H21NO5. The molecule has 0 saturated carbocycles. The highest BCUT2D eigenvalue weighted by molar-refractivity contribution is 5.84. The first kappa shape index (κ1) is 18.3. The highest BCUT2D eigenvalue weighted by atomic mass is 16.5. The van der Waals surface area contributed by atoms with Gasteiger partial charge in [-0.3, -0.25) is 9.59 Å². The molecule has 132 valence electrons. The second-order valence-corrected chi connectivity index (χ2v) is 5.31. The quantitative estimate of drug-likeness (QED) is 0.782. The summed E-state index contributed by atoms with van der Waals surface area (Å²) in [5, 5.41) is 2.78. The maximum absolute atomic E-state index is 12.5. The topological polar surface area (TPSA) is 73.9 Å². The van der Waals surface area contributed by atoms with Crippen LogP contribution in [0.3, 0.4) is 0 Å². The lowest BCUT2D eigenvalue weighted by atomic mass is 10.1. The van der Waals surface area contributed by atoms with Gasteiger partial charge in [0.2, 0.25) is 6.10 Å². The van der Waals surface area contributed by atoms with Gasteiger partial charge in [-0.05, 0) is 17.7 Å². The molecule has 6 nitrogen and oxygen atoms in total. The first-order valence-electron chi connectivity index (χ1n) is 7.76. The number of amides is 1. The lowest BCUT2D eigenvalue weighted by Gasteiger charge is -2.17. The second kappa shape index (κ2) is 8.73. The van der Waals surface area contributed by atoms with Gasteiger partial charge in [0.1, 0.15) is 0 Å². The molecule has 0 aliphatic rings. The van der Waals surface area contributed by atoms with Crippen molar-refractivity contribution in [1.29, 1.82) is 0 Å². The van der Waals surface area contributed by atoms with Crippen LogP contribution in [-0.2, 0) is 20.9 Å². The number of benzene rings is 2. The van der Waals surface area contributed by atoms with E-state index >= 15 is 0 Å². The molecule has 0 aliphatic heterocycles. The van der Waals surface area contributed by atoms with Gasteiger partial charge in [-0.25, -0.2) is 0 Å². The predicted octanol–water partition coefficient (Wildman–Crippen LogP) is 2.62. The van der Waals surface area contributed by atoms with Gasteiger partial charge in [-0.2, -0.15) is 0 Å². The Morgan fingerprint density at radius 1 is 1.00 bits per heavy atom. The molecule has 0 fully saturated rings. The summed E-state index contributed by atoms with van der Waals surface area (Å²) >= 11 is 0. The number of rotatable bonds is 7. The Morgan fingerprint density at radius 3 is 2.28 bits per heavy atom. The first-order valence-corrected chi connectivity index (χ1v) is 7.76. The van der Waals surface area contributed by atoms with Gasteiger partial charge in [0.05, 0.1) is 14.2 Å². The number of methoxy groups -OCH3 is 2. The van der Waals surface area contributed by atoms with Gasteiger partial charge in [0.25, 0.3) is 5.91 Å². The molecule has 0 aromatic heterocycles. The van der Waals surface area contributed by atoms with E-state index in [0.717, 1.165) is 5.56 Å². The Kier molecular flexibility index (Phi) is 6.39. The summed E-state index contributed by atoms with van der Waals surface area (Å²) < 4.78 is 15.6. The number of hydrogen-bond acceptors (Lipinski definition) is 5. The fourth-order valence-electron chi connectivity index (χ4n) is 2.34. The number of carbonyl (C=O) groups excluding carboxylic acids is 2. The van der Waals surface area contributed by atoms with Gasteiger partial charge in [0.15, 0.2) is 11.5 Å². The van der Waals surface area contributed by atoms with Crippen molar-refractivity contribution in [2.75, 3.05) is 14.2 Å². The molecule has 0 radical (unpaired) electrons. The SMILES string of the molecule is COc1ccc(CNC(=O)C(OC(C)=O)c2ccccc2)cc1OC. The molecule has 1 unspecified atom stereocenters. The second-order valence-electron chi connectivity index (χ2n) is 5.31. The zero-order valence-electron chi connectivity index (χ0n) is 14.4. The molecule has 25 heavy (non-hydrogen) atoms. The van der Waals surface area contributed by atoms with Crippen LogP contribution in [0.5, 0.6) is 11.5 Å². The van der Waals surface area contributed by atoms with Crippen molar-refractivity contribution in [2.45, 2.75) is 19.6 Å². The van der Waals surface area contributed by atoms with E-state index in [1.54, 1.807) is 50.6 Å². The number of esters is 1. The van der Waals surface area contributed by atoms with Crippen LogP contribution in [-0.4, -0.2) is 26.1 Å². The van der Waals surface area contributed by atoms with Crippen molar-refractivity contribution >= 4 is 11.9 Å². The largest absolute Gasteiger partial charge is 0.493 e. The highest BCUT2D eigenvalue weighted by Crippen LogP contribution is 2.27. The molecule has 0 saturated heterocycles. The van der Waals surface area contributed by atoms with E-state index in [1.807, 2.05) is 12.1 Å². The van der Waals surface area contributed by atoms with Crippen LogP contribution in [0.1, 0.15) is 24.2 Å². The van der Waals surface area contributed by atoms with Crippen LogP contribution in [0.2, 0.25) is 0 Å². The molecule has 6 heteroatoms. The van der Waals surface area contributed by atoms with Crippen LogP contribution in [0.25, 0.3) is 0 Å². The molecule has 2 rings (SSSR count). The zero-order chi connectivity index (χ0) is 18.2. The van der Waals surface area contributed by atoms with E-state index in [2.05, 4.69) is 5.32 Å². The lowest BCUT2D eigenvalue weighted by molar-refractivity contribution is -0.154. The summed E-state index contributed by atoms with van der Waals surface area (Å²) in [5.41, 5.74) is 1.45. The van der Waals surface area contributed by atoms with Gasteiger partial charge < -0.3 is 19.5 Å². The predicted molar refractivity (Wildman–Crippen MR) is 92.3 cm³/mol. The van der Waals surface area contributed by atoms with Gasteiger partial charge >= 0.3 is 5.97 Å². The molecule has 0 spiro atoms. The average Bonchev–Trinajstić information content (AvgIpc) is 2.64. The van der Waals surface area contributed by atoms with Crippen LogP contribution in [0.4, 0.5) is 0 Å². The van der Waals surface area contributed by atoms with Crippen molar-refractivity contribution in [2.24, 2.45) is 0 Å². The minimum Gasteiger partial charge on any atom is -0.493 e. The summed E-state index contributed by atoms with van der Waals surface area (Å²) in [5.74, 6) is 0.278. The van der Waals surface area contributed by atoms with E-state index in [-0.39, 0.29) is 6.54 Å². The molecule has 1 N–H and O–H groups in total. The van der Waals surface area contributed by atoms with Crippen LogP contribution < -0.4 is 14.8 Å². The summed E-state index contributed by atoms with van der Waals surface area (Å²) in [6, 6.07) is 14.2. The van der Waals surface area contributed by atoms with Crippen molar-refractivity contribution in [3.05, 3.63) is 59.7 Å². The van der Waals surface area contributed by atoms with Crippen LogP contribution >= 0.6 is 0 Å². The normalized spacial score (nSPS) is 11.3. The fraction of sp³-hybridized carbons (Fsp3) is 0.263. The van der Waals surface area contributed by atoms with E-state index in [4.69, 9.17) is 14.2 Å². The highest BCUT2D eigenvalue weighted by Gasteiger charge is 2.23. The van der Waals surface area contributed by atoms with E-state index < -0.39 is 18.0 Å². The van der Waals surface area contributed by atoms with Gasteiger partial charge in [0, 0.05) is 19.0 Å². The Labute approximate surface area is 146 Å². The average molecular weight is 343 g/mol. The van der Waals surface area contributed by atoms with E-state index in [1.165, 1.54) is 6.92 Å². The molecule has 0 bridgehead atoms. The van der Waals surface area contributed by atoms with Crippen molar-refractivity contribution in [3.63, 3.8) is 0 Å².